The number of hydrogen-bond acceptors (Lipinski definition) is 3. The largest absolute Gasteiger partial charge is 0.197 e. The zero-order chi connectivity index (χ0) is 11.4. The van der Waals surface area contributed by atoms with E-state index in [1.54, 1.807) is 4.52 Å². The highest BCUT2D eigenvalue weighted by molar-refractivity contribution is 5.36. The maximum atomic E-state index is 4.43. The van der Waals surface area contributed by atoms with E-state index in [0.717, 1.165) is 17.2 Å². The van der Waals surface area contributed by atoms with Crippen molar-refractivity contribution in [2.75, 3.05) is 0 Å². The Hall–Kier alpha value is -1.45. The number of hydrogen-bond donors (Lipinski definition) is 0. The summed E-state index contributed by atoms with van der Waals surface area (Å²) in [6.45, 7) is 10.1. The minimum Gasteiger partial charge on any atom is -0.197 e. The standard InChI is InChI=1S/C9H12N4.C2H6/c1-6(2)8-4-5-9-11-10-7(3)13(9)12-8;1-2/h4-6H,1-3H3;1-2H3. The third-order valence-electron chi connectivity index (χ3n) is 2.03. The Morgan fingerprint density at radius 2 is 1.80 bits per heavy atom. The molecule has 2 rings (SSSR count). The Morgan fingerprint density at radius 3 is 2.40 bits per heavy atom. The van der Waals surface area contributed by atoms with Crippen LogP contribution in [-0.2, 0) is 0 Å². The van der Waals surface area contributed by atoms with Crippen molar-refractivity contribution >= 4 is 5.65 Å². The van der Waals surface area contributed by atoms with Crippen LogP contribution in [0.3, 0.4) is 0 Å². The van der Waals surface area contributed by atoms with Crippen LogP contribution in [0.25, 0.3) is 5.65 Å². The average molecular weight is 206 g/mol. The summed E-state index contributed by atoms with van der Waals surface area (Å²) in [5, 5.41) is 12.3. The summed E-state index contributed by atoms with van der Waals surface area (Å²) in [4.78, 5) is 0. The Balaban J connectivity index is 0.000000531. The van der Waals surface area contributed by atoms with E-state index in [1.165, 1.54) is 0 Å². The lowest BCUT2D eigenvalue weighted by molar-refractivity contribution is 0.750. The van der Waals surface area contributed by atoms with Crippen LogP contribution in [0.4, 0.5) is 0 Å². The van der Waals surface area contributed by atoms with Gasteiger partial charge < -0.3 is 0 Å². The van der Waals surface area contributed by atoms with Crippen LogP contribution in [0.2, 0.25) is 0 Å². The van der Waals surface area contributed by atoms with Gasteiger partial charge in [-0.05, 0) is 25.0 Å². The third-order valence-corrected chi connectivity index (χ3v) is 2.03. The van der Waals surface area contributed by atoms with E-state index in [9.17, 15) is 0 Å². The first kappa shape index (κ1) is 11.6. The van der Waals surface area contributed by atoms with Crippen molar-refractivity contribution < 1.29 is 0 Å². The van der Waals surface area contributed by atoms with Crippen LogP contribution in [0.5, 0.6) is 0 Å². The molecule has 0 aliphatic heterocycles. The molecule has 0 fully saturated rings. The van der Waals surface area contributed by atoms with Gasteiger partial charge in [-0.25, -0.2) is 0 Å². The summed E-state index contributed by atoms with van der Waals surface area (Å²) < 4.78 is 1.77. The molecule has 0 bridgehead atoms. The fourth-order valence-corrected chi connectivity index (χ4v) is 1.22. The Kier molecular flexibility index (Phi) is 3.77. The molecule has 2 heterocycles. The van der Waals surface area contributed by atoms with E-state index in [-0.39, 0.29) is 0 Å². The summed E-state index contributed by atoms with van der Waals surface area (Å²) in [5.74, 6) is 1.27. The number of rotatable bonds is 1. The Morgan fingerprint density at radius 1 is 1.13 bits per heavy atom. The lowest BCUT2D eigenvalue weighted by Crippen LogP contribution is -2.00. The van der Waals surface area contributed by atoms with Crippen LogP contribution in [0.15, 0.2) is 12.1 Å². The molecule has 0 unspecified atom stereocenters. The van der Waals surface area contributed by atoms with Gasteiger partial charge in [0, 0.05) is 0 Å². The Bertz CT molecular complexity index is 431. The highest BCUT2D eigenvalue weighted by Gasteiger charge is 2.05. The van der Waals surface area contributed by atoms with Crippen molar-refractivity contribution in [1.29, 1.82) is 0 Å². The van der Waals surface area contributed by atoms with E-state index in [2.05, 4.69) is 29.1 Å². The van der Waals surface area contributed by atoms with Crippen molar-refractivity contribution in [2.45, 2.75) is 40.5 Å². The molecule has 0 aromatic carbocycles. The lowest BCUT2D eigenvalue weighted by Gasteiger charge is -2.03. The van der Waals surface area contributed by atoms with Gasteiger partial charge >= 0.3 is 0 Å². The van der Waals surface area contributed by atoms with Gasteiger partial charge in [0.25, 0.3) is 0 Å². The van der Waals surface area contributed by atoms with Gasteiger partial charge in [-0.2, -0.15) is 9.61 Å². The van der Waals surface area contributed by atoms with Crippen molar-refractivity contribution in [3.8, 4) is 0 Å². The van der Waals surface area contributed by atoms with Gasteiger partial charge in [0.15, 0.2) is 11.5 Å². The molecule has 0 saturated carbocycles. The molecule has 0 radical (unpaired) electrons. The van der Waals surface area contributed by atoms with E-state index >= 15 is 0 Å². The summed E-state index contributed by atoms with van der Waals surface area (Å²) in [5.41, 5.74) is 1.87. The fourth-order valence-electron chi connectivity index (χ4n) is 1.22. The first-order valence-electron chi connectivity index (χ1n) is 5.37. The van der Waals surface area contributed by atoms with Gasteiger partial charge in [-0.15, -0.1) is 10.2 Å². The van der Waals surface area contributed by atoms with Crippen LogP contribution >= 0.6 is 0 Å². The highest BCUT2D eigenvalue weighted by Crippen LogP contribution is 2.11. The second kappa shape index (κ2) is 4.87. The second-order valence-corrected chi connectivity index (χ2v) is 3.43. The fraction of sp³-hybridized carbons (Fsp3) is 0.545. The van der Waals surface area contributed by atoms with Crippen molar-refractivity contribution in [1.82, 2.24) is 19.8 Å². The molecule has 0 atom stereocenters. The smallest absolute Gasteiger partial charge is 0.177 e. The second-order valence-electron chi connectivity index (χ2n) is 3.43. The predicted octanol–water partition coefficient (Wildman–Crippen LogP) is 2.58. The van der Waals surface area contributed by atoms with Gasteiger partial charge in [-0.1, -0.05) is 27.7 Å². The molecule has 15 heavy (non-hydrogen) atoms. The summed E-state index contributed by atoms with van der Waals surface area (Å²) in [6.07, 6.45) is 0. The van der Waals surface area contributed by atoms with E-state index < -0.39 is 0 Å². The minimum absolute atomic E-state index is 0.436. The third kappa shape index (κ3) is 2.32. The first-order chi connectivity index (χ1) is 7.18. The molecular formula is C11H18N4. The maximum absolute atomic E-state index is 4.43. The van der Waals surface area contributed by atoms with Gasteiger partial charge in [-0.3, -0.25) is 0 Å². The van der Waals surface area contributed by atoms with Gasteiger partial charge in [0.1, 0.15) is 0 Å². The molecule has 2 aromatic rings. The van der Waals surface area contributed by atoms with Crippen molar-refractivity contribution in [2.24, 2.45) is 0 Å². The zero-order valence-corrected chi connectivity index (χ0v) is 10.0. The SMILES string of the molecule is CC.Cc1nnc2ccc(C(C)C)nn12. The normalized spacial score (nSPS) is 10.3. The molecule has 82 valence electrons. The predicted molar refractivity (Wildman–Crippen MR) is 61.0 cm³/mol. The van der Waals surface area contributed by atoms with Crippen LogP contribution < -0.4 is 0 Å². The summed E-state index contributed by atoms with van der Waals surface area (Å²) in [6, 6.07) is 3.94. The topological polar surface area (TPSA) is 43.1 Å². The molecule has 4 nitrogen and oxygen atoms in total. The summed E-state index contributed by atoms with van der Waals surface area (Å²) >= 11 is 0. The van der Waals surface area contributed by atoms with E-state index in [1.807, 2.05) is 32.9 Å². The quantitative estimate of drug-likeness (QED) is 0.720. The highest BCUT2D eigenvalue weighted by atomic mass is 15.4. The van der Waals surface area contributed by atoms with Gasteiger partial charge in [0.2, 0.25) is 0 Å². The number of aromatic nitrogens is 4. The molecular weight excluding hydrogens is 188 g/mol. The molecule has 0 aliphatic rings. The number of aryl methyl sites for hydroxylation is 1. The van der Waals surface area contributed by atoms with Crippen molar-refractivity contribution in [3.63, 3.8) is 0 Å². The van der Waals surface area contributed by atoms with Crippen LogP contribution in [0.1, 0.15) is 45.1 Å². The molecule has 0 aliphatic carbocycles. The lowest BCUT2D eigenvalue weighted by atomic mass is 10.1. The molecule has 0 saturated heterocycles. The van der Waals surface area contributed by atoms with E-state index in [0.29, 0.717) is 5.92 Å². The monoisotopic (exact) mass is 206 g/mol. The Labute approximate surface area is 90.3 Å². The molecule has 0 spiro atoms. The van der Waals surface area contributed by atoms with E-state index in [4.69, 9.17) is 0 Å². The molecule has 0 N–H and O–H groups in total. The molecule has 0 amide bonds. The number of fused-ring (bicyclic) bond motifs is 1. The molecule has 4 heteroatoms. The van der Waals surface area contributed by atoms with Gasteiger partial charge in [0.05, 0.1) is 5.69 Å². The maximum Gasteiger partial charge on any atom is 0.177 e. The molecule has 2 aromatic heterocycles. The summed E-state index contributed by atoms with van der Waals surface area (Å²) in [7, 11) is 0. The van der Waals surface area contributed by atoms with Crippen molar-refractivity contribution in [3.05, 3.63) is 23.7 Å². The van der Waals surface area contributed by atoms with Crippen LogP contribution in [-0.4, -0.2) is 19.8 Å². The zero-order valence-electron chi connectivity index (χ0n) is 10.0. The average Bonchev–Trinajstić information content (AvgIpc) is 2.63. The number of nitrogens with zero attached hydrogens (tertiary/aromatic N) is 4. The van der Waals surface area contributed by atoms with Crippen LogP contribution in [0, 0.1) is 6.92 Å². The minimum atomic E-state index is 0.436. The first-order valence-corrected chi connectivity index (χ1v) is 5.37.